The second-order valence-corrected chi connectivity index (χ2v) is 9.39. The molecule has 2 atom stereocenters. The van der Waals surface area contributed by atoms with Gasteiger partial charge in [-0.25, -0.2) is 8.42 Å². The zero-order chi connectivity index (χ0) is 22.6. The van der Waals surface area contributed by atoms with Crippen molar-refractivity contribution in [1.82, 2.24) is 5.32 Å². The number of ether oxygens (including phenoxy) is 3. The second-order valence-electron chi connectivity index (χ2n) is 7.37. The molecule has 0 radical (unpaired) electrons. The van der Waals surface area contributed by atoms with Crippen molar-refractivity contribution in [2.75, 3.05) is 30.8 Å². The van der Waals surface area contributed by atoms with Crippen molar-refractivity contribution < 1.29 is 27.4 Å². The lowest BCUT2D eigenvalue weighted by atomic mass is 10.1. The topological polar surface area (TPSA) is 94.2 Å². The number of anilines is 1. The van der Waals surface area contributed by atoms with Gasteiger partial charge in [0.05, 0.1) is 18.0 Å². The van der Waals surface area contributed by atoms with Gasteiger partial charge in [-0.1, -0.05) is 13.0 Å². The molecule has 1 aliphatic rings. The molecule has 0 aliphatic carbocycles. The van der Waals surface area contributed by atoms with Crippen molar-refractivity contribution in [2.45, 2.75) is 32.4 Å². The summed E-state index contributed by atoms with van der Waals surface area (Å²) in [6.45, 7) is 4.79. The van der Waals surface area contributed by atoms with E-state index in [4.69, 9.17) is 14.2 Å². The number of amides is 1. The summed E-state index contributed by atoms with van der Waals surface area (Å²) in [5, 5.41) is 2.98. The Labute approximate surface area is 183 Å². The van der Waals surface area contributed by atoms with Crippen LogP contribution in [-0.4, -0.2) is 46.9 Å². The van der Waals surface area contributed by atoms with Crippen molar-refractivity contribution in [1.29, 1.82) is 0 Å². The number of nitrogens with zero attached hydrogens (tertiary/aromatic N) is 1. The molecule has 0 aromatic heterocycles. The number of carbonyl (C=O) groups is 1. The summed E-state index contributed by atoms with van der Waals surface area (Å²) in [5.41, 5.74) is 1.42. The van der Waals surface area contributed by atoms with Crippen LogP contribution in [-0.2, 0) is 14.8 Å². The molecule has 1 heterocycles. The standard InChI is InChI=1S/C22H28N2O6S/c1-5-19(30-18-9-7-17(8-10-18)24(3)31(4,26)27)22(25)23-15(2)16-6-11-20-21(14-16)29-13-12-28-20/h6-11,14-15,19H,5,12-13H2,1-4H3,(H,23,25)/t15-,19+/m1/s1. The van der Waals surface area contributed by atoms with Crippen LogP contribution in [0.25, 0.3) is 0 Å². The fraction of sp³-hybridized carbons (Fsp3) is 0.409. The smallest absolute Gasteiger partial charge is 0.261 e. The Balaban J connectivity index is 1.63. The van der Waals surface area contributed by atoms with E-state index in [2.05, 4.69) is 5.32 Å². The summed E-state index contributed by atoms with van der Waals surface area (Å²) >= 11 is 0. The summed E-state index contributed by atoms with van der Waals surface area (Å²) in [6.07, 6.45) is 0.931. The van der Waals surface area contributed by atoms with Crippen LogP contribution in [0.3, 0.4) is 0 Å². The number of nitrogens with one attached hydrogen (secondary N) is 1. The molecular formula is C22H28N2O6S. The van der Waals surface area contributed by atoms with Gasteiger partial charge in [0.1, 0.15) is 19.0 Å². The number of benzene rings is 2. The number of fused-ring (bicyclic) bond motifs is 1. The maximum Gasteiger partial charge on any atom is 0.261 e. The monoisotopic (exact) mass is 448 g/mol. The third-order valence-corrected chi connectivity index (χ3v) is 6.27. The first-order chi connectivity index (χ1) is 14.7. The summed E-state index contributed by atoms with van der Waals surface area (Å²) in [5.74, 6) is 1.63. The maximum absolute atomic E-state index is 12.8. The molecule has 0 spiro atoms. The van der Waals surface area contributed by atoms with E-state index in [1.807, 2.05) is 32.0 Å². The first kappa shape index (κ1) is 22.7. The fourth-order valence-corrected chi connectivity index (χ4v) is 3.64. The molecule has 0 fully saturated rings. The Kier molecular flexibility index (Phi) is 6.94. The van der Waals surface area contributed by atoms with Gasteiger partial charge < -0.3 is 19.5 Å². The van der Waals surface area contributed by atoms with Crippen molar-refractivity contribution in [3.63, 3.8) is 0 Å². The number of hydrogen-bond donors (Lipinski definition) is 1. The van der Waals surface area contributed by atoms with Gasteiger partial charge in [0.2, 0.25) is 10.0 Å². The van der Waals surface area contributed by atoms with Crippen molar-refractivity contribution >= 4 is 21.6 Å². The Morgan fingerprint density at radius 3 is 2.39 bits per heavy atom. The molecular weight excluding hydrogens is 420 g/mol. The van der Waals surface area contributed by atoms with Gasteiger partial charge in [-0.15, -0.1) is 0 Å². The highest BCUT2D eigenvalue weighted by molar-refractivity contribution is 7.92. The zero-order valence-electron chi connectivity index (χ0n) is 18.1. The average molecular weight is 449 g/mol. The molecule has 0 bridgehead atoms. The Morgan fingerprint density at radius 2 is 1.77 bits per heavy atom. The van der Waals surface area contributed by atoms with E-state index in [0.717, 1.165) is 11.8 Å². The Bertz CT molecular complexity index is 1020. The molecule has 9 heteroatoms. The minimum atomic E-state index is -3.34. The minimum absolute atomic E-state index is 0.234. The highest BCUT2D eigenvalue weighted by Crippen LogP contribution is 2.32. The van der Waals surface area contributed by atoms with E-state index in [1.165, 1.54) is 11.4 Å². The van der Waals surface area contributed by atoms with Gasteiger partial charge >= 0.3 is 0 Å². The largest absolute Gasteiger partial charge is 0.486 e. The molecule has 0 saturated carbocycles. The van der Waals surface area contributed by atoms with Gasteiger partial charge in [0, 0.05) is 7.05 Å². The molecule has 168 valence electrons. The Morgan fingerprint density at radius 1 is 1.13 bits per heavy atom. The number of carbonyl (C=O) groups excluding carboxylic acids is 1. The van der Waals surface area contributed by atoms with Crippen LogP contribution in [0, 0.1) is 0 Å². The van der Waals surface area contributed by atoms with E-state index in [0.29, 0.717) is 42.6 Å². The SMILES string of the molecule is CC[C@H](Oc1ccc(N(C)S(C)(=O)=O)cc1)C(=O)N[C@H](C)c1ccc2c(c1)OCCO2. The molecule has 8 nitrogen and oxygen atoms in total. The van der Waals surface area contributed by atoms with E-state index >= 15 is 0 Å². The average Bonchev–Trinajstić information content (AvgIpc) is 2.76. The summed E-state index contributed by atoms with van der Waals surface area (Å²) in [6, 6.07) is 11.9. The third-order valence-electron chi connectivity index (χ3n) is 5.06. The predicted molar refractivity (Wildman–Crippen MR) is 118 cm³/mol. The quantitative estimate of drug-likeness (QED) is 0.667. The highest BCUT2D eigenvalue weighted by atomic mass is 32.2. The summed E-state index contributed by atoms with van der Waals surface area (Å²) < 4.78 is 41.5. The van der Waals surface area contributed by atoms with Gasteiger partial charge in [-0.05, 0) is 55.3 Å². The molecule has 31 heavy (non-hydrogen) atoms. The molecule has 2 aromatic rings. The van der Waals surface area contributed by atoms with E-state index < -0.39 is 16.1 Å². The molecule has 0 saturated heterocycles. The predicted octanol–water partition coefficient (Wildman–Crippen LogP) is 2.89. The molecule has 3 rings (SSSR count). The van der Waals surface area contributed by atoms with Crippen LogP contribution in [0.1, 0.15) is 31.9 Å². The normalized spacial score (nSPS) is 15.0. The maximum atomic E-state index is 12.8. The van der Waals surface area contributed by atoms with Crippen molar-refractivity contribution in [3.8, 4) is 17.2 Å². The number of sulfonamides is 1. The van der Waals surface area contributed by atoms with Gasteiger partial charge in [0.25, 0.3) is 5.91 Å². The van der Waals surface area contributed by atoms with Crippen LogP contribution < -0.4 is 23.8 Å². The lowest BCUT2D eigenvalue weighted by molar-refractivity contribution is -0.128. The highest BCUT2D eigenvalue weighted by Gasteiger charge is 2.22. The Hall–Kier alpha value is -2.94. The lowest BCUT2D eigenvalue weighted by Crippen LogP contribution is -2.39. The molecule has 1 amide bonds. The molecule has 0 unspecified atom stereocenters. The van der Waals surface area contributed by atoms with Crippen LogP contribution in [0.4, 0.5) is 5.69 Å². The number of rotatable bonds is 8. The van der Waals surface area contributed by atoms with Crippen molar-refractivity contribution in [3.05, 3.63) is 48.0 Å². The third kappa shape index (κ3) is 5.61. The van der Waals surface area contributed by atoms with Gasteiger partial charge in [-0.2, -0.15) is 0 Å². The van der Waals surface area contributed by atoms with Crippen LogP contribution in [0.15, 0.2) is 42.5 Å². The second kappa shape index (κ2) is 9.47. The molecule has 1 N–H and O–H groups in total. The lowest BCUT2D eigenvalue weighted by Gasteiger charge is -2.23. The van der Waals surface area contributed by atoms with Gasteiger partial charge in [-0.3, -0.25) is 9.10 Å². The summed E-state index contributed by atoms with van der Waals surface area (Å²) in [4.78, 5) is 12.8. The van der Waals surface area contributed by atoms with E-state index in [1.54, 1.807) is 24.3 Å². The number of hydrogen-bond acceptors (Lipinski definition) is 6. The summed E-state index contributed by atoms with van der Waals surface area (Å²) in [7, 11) is -1.87. The molecule has 1 aliphatic heterocycles. The first-order valence-corrected chi connectivity index (χ1v) is 11.9. The van der Waals surface area contributed by atoms with Gasteiger partial charge in [0.15, 0.2) is 17.6 Å². The first-order valence-electron chi connectivity index (χ1n) is 10.1. The van der Waals surface area contributed by atoms with Crippen LogP contribution in [0.5, 0.6) is 17.2 Å². The van der Waals surface area contributed by atoms with E-state index in [-0.39, 0.29) is 11.9 Å². The fourth-order valence-electron chi connectivity index (χ4n) is 3.13. The molecule has 2 aromatic carbocycles. The van der Waals surface area contributed by atoms with Crippen LogP contribution >= 0.6 is 0 Å². The van der Waals surface area contributed by atoms with Crippen molar-refractivity contribution in [2.24, 2.45) is 0 Å². The van der Waals surface area contributed by atoms with E-state index in [9.17, 15) is 13.2 Å². The zero-order valence-corrected chi connectivity index (χ0v) is 18.9. The van der Waals surface area contributed by atoms with Crippen LogP contribution in [0.2, 0.25) is 0 Å². The minimum Gasteiger partial charge on any atom is -0.486 e.